The Hall–Kier alpha value is -3.03. The second-order valence-corrected chi connectivity index (χ2v) is 7.01. The van der Waals surface area contributed by atoms with Crippen LogP contribution in [0.3, 0.4) is 0 Å². The number of aromatic amines is 1. The smallest absolute Gasteiger partial charge is 0.152 e. The first-order valence-electron chi connectivity index (χ1n) is 8.72. The number of carbonyl (C=O) groups is 1. The number of thiophene rings is 1. The zero-order valence-electron chi connectivity index (χ0n) is 15.3. The molecule has 2 heterocycles. The van der Waals surface area contributed by atoms with Crippen molar-refractivity contribution in [1.29, 1.82) is 0 Å². The second-order valence-electron chi connectivity index (χ2n) is 6.06. The lowest BCUT2D eigenvalue weighted by Gasteiger charge is -1.98. The number of hydrogen-bond acceptors (Lipinski definition) is 5. The molecule has 3 N–H and O–H groups in total. The molecule has 0 radical (unpaired) electrons. The Bertz CT molecular complexity index is 1040. The van der Waals surface area contributed by atoms with Crippen LogP contribution in [0, 0.1) is 5.82 Å². The molecule has 28 heavy (non-hydrogen) atoms. The summed E-state index contributed by atoms with van der Waals surface area (Å²) in [5, 5.41) is 14.7. The minimum absolute atomic E-state index is 0.0981. The van der Waals surface area contributed by atoms with Gasteiger partial charge >= 0.3 is 0 Å². The summed E-state index contributed by atoms with van der Waals surface area (Å²) in [4.78, 5) is 19.2. The molecule has 0 spiro atoms. The number of carbonyl (C=O) groups excluding carboxylic acids is 1. The van der Waals surface area contributed by atoms with E-state index in [1.165, 1.54) is 23.8 Å². The number of rotatable bonds is 5. The number of aromatic hydroxyl groups is 1. The van der Waals surface area contributed by atoms with E-state index in [1.54, 1.807) is 17.4 Å². The second kappa shape index (κ2) is 9.25. The van der Waals surface area contributed by atoms with Gasteiger partial charge in [-0.05, 0) is 61.3 Å². The van der Waals surface area contributed by atoms with Crippen LogP contribution in [0.2, 0.25) is 0 Å². The van der Waals surface area contributed by atoms with Crippen LogP contribution in [0.15, 0.2) is 53.9 Å². The summed E-state index contributed by atoms with van der Waals surface area (Å²) in [6, 6.07) is 13.5. The largest absolute Gasteiger partial charge is 0.506 e. The third-order valence-corrected chi connectivity index (χ3v) is 4.99. The maximum absolute atomic E-state index is 12.4. The number of phenols is 1. The van der Waals surface area contributed by atoms with Gasteiger partial charge in [0.15, 0.2) is 6.29 Å². The number of aromatic nitrogens is 2. The third-order valence-electron chi connectivity index (χ3n) is 4.11. The van der Waals surface area contributed by atoms with Gasteiger partial charge in [-0.3, -0.25) is 4.79 Å². The van der Waals surface area contributed by atoms with E-state index >= 15 is 0 Å². The molecule has 0 bridgehead atoms. The molecular weight excluding hydrogens is 377 g/mol. The van der Waals surface area contributed by atoms with Crippen molar-refractivity contribution in [2.75, 3.05) is 13.6 Å². The topological polar surface area (TPSA) is 78.0 Å². The van der Waals surface area contributed by atoms with Crippen LogP contribution in [0.5, 0.6) is 5.75 Å². The summed E-state index contributed by atoms with van der Waals surface area (Å²) >= 11 is 1.55. The average molecular weight is 397 g/mol. The molecule has 7 heteroatoms. The van der Waals surface area contributed by atoms with E-state index < -0.39 is 0 Å². The normalized spacial score (nSPS) is 10.5. The van der Waals surface area contributed by atoms with Crippen molar-refractivity contribution < 1.29 is 14.3 Å². The van der Waals surface area contributed by atoms with Gasteiger partial charge in [0.1, 0.15) is 28.4 Å². The van der Waals surface area contributed by atoms with Crippen LogP contribution in [-0.4, -0.2) is 35.0 Å². The van der Waals surface area contributed by atoms with Crippen LogP contribution in [0.4, 0.5) is 4.39 Å². The molecule has 4 rings (SSSR count). The molecular formula is C21H20FN3O2S. The van der Waals surface area contributed by atoms with E-state index in [1.807, 2.05) is 36.7 Å². The van der Waals surface area contributed by atoms with Crippen molar-refractivity contribution in [2.24, 2.45) is 0 Å². The quantitative estimate of drug-likeness (QED) is 0.436. The van der Waals surface area contributed by atoms with E-state index in [4.69, 9.17) is 0 Å². The van der Waals surface area contributed by atoms with Gasteiger partial charge in [-0.2, -0.15) is 0 Å². The van der Waals surface area contributed by atoms with E-state index in [0.29, 0.717) is 22.4 Å². The predicted molar refractivity (Wildman–Crippen MR) is 110 cm³/mol. The number of nitrogens with zero attached hydrogens (tertiary/aromatic N) is 1. The summed E-state index contributed by atoms with van der Waals surface area (Å²) < 4.78 is 12.4. The number of phenolic OH excluding ortho intramolecular Hbond substituents is 1. The van der Waals surface area contributed by atoms with Crippen LogP contribution >= 0.6 is 11.3 Å². The lowest BCUT2D eigenvalue weighted by molar-refractivity contribution is 0.112. The summed E-state index contributed by atoms with van der Waals surface area (Å²) in [7, 11) is 1.91. The van der Waals surface area contributed by atoms with E-state index in [2.05, 4.69) is 15.3 Å². The molecule has 0 atom stereocenters. The molecule has 0 unspecified atom stereocenters. The van der Waals surface area contributed by atoms with E-state index in [9.17, 15) is 14.3 Å². The molecule has 0 saturated carbocycles. The maximum atomic E-state index is 12.4. The SMILES string of the molecule is CNCCc1ccc(F)cc1.O=Cc1ccc(O)c2[nH]c(-c3cccs3)nc12. The van der Waals surface area contributed by atoms with Crippen LogP contribution in [0.25, 0.3) is 21.7 Å². The molecule has 0 aliphatic rings. The van der Waals surface area contributed by atoms with E-state index in [0.717, 1.165) is 24.1 Å². The molecule has 2 aromatic heterocycles. The highest BCUT2D eigenvalue weighted by Crippen LogP contribution is 2.30. The molecule has 0 saturated heterocycles. The number of benzene rings is 2. The number of hydrogen-bond donors (Lipinski definition) is 3. The van der Waals surface area contributed by atoms with Crippen LogP contribution < -0.4 is 5.32 Å². The Balaban J connectivity index is 0.000000178. The summed E-state index contributed by atoms with van der Waals surface area (Å²) in [6.45, 7) is 0.936. The standard InChI is InChI=1S/C12H8N2O2S.C9H12FN/c15-6-7-3-4-8(16)11-10(7)13-12(14-11)9-2-1-5-17-9;1-11-7-6-8-2-4-9(10)5-3-8/h1-6,16H,(H,13,14);2-5,11H,6-7H2,1H3. The van der Waals surface area contributed by atoms with Gasteiger partial charge < -0.3 is 15.4 Å². The fourth-order valence-corrected chi connectivity index (χ4v) is 3.31. The zero-order valence-corrected chi connectivity index (χ0v) is 16.1. The van der Waals surface area contributed by atoms with Gasteiger partial charge in [-0.15, -0.1) is 11.3 Å². The molecule has 0 fully saturated rings. The van der Waals surface area contributed by atoms with Crippen LogP contribution in [0.1, 0.15) is 15.9 Å². The van der Waals surface area contributed by atoms with Gasteiger partial charge in [0.05, 0.1) is 4.88 Å². The molecule has 5 nitrogen and oxygen atoms in total. The summed E-state index contributed by atoms with van der Waals surface area (Å²) in [5.74, 6) is 0.596. The van der Waals surface area contributed by atoms with Crippen molar-refractivity contribution in [2.45, 2.75) is 6.42 Å². The molecule has 0 aliphatic heterocycles. The number of nitrogens with one attached hydrogen (secondary N) is 2. The summed E-state index contributed by atoms with van der Waals surface area (Å²) in [6.07, 6.45) is 1.69. The Kier molecular flexibility index (Phi) is 6.52. The van der Waals surface area contributed by atoms with Gasteiger partial charge in [-0.1, -0.05) is 18.2 Å². The molecule has 144 valence electrons. The van der Waals surface area contributed by atoms with Crippen molar-refractivity contribution >= 4 is 28.7 Å². The van der Waals surface area contributed by atoms with Gasteiger partial charge in [0.2, 0.25) is 0 Å². The first-order chi connectivity index (χ1) is 13.6. The minimum Gasteiger partial charge on any atom is -0.506 e. The van der Waals surface area contributed by atoms with Crippen LogP contribution in [-0.2, 0) is 6.42 Å². The van der Waals surface area contributed by atoms with Crippen molar-refractivity contribution in [1.82, 2.24) is 15.3 Å². The highest BCUT2D eigenvalue weighted by Gasteiger charge is 2.12. The highest BCUT2D eigenvalue weighted by atomic mass is 32.1. The number of H-pyrrole nitrogens is 1. The maximum Gasteiger partial charge on any atom is 0.152 e. The Morgan fingerprint density at radius 1 is 1.21 bits per heavy atom. The van der Waals surface area contributed by atoms with Crippen molar-refractivity contribution in [3.63, 3.8) is 0 Å². The van der Waals surface area contributed by atoms with Gasteiger partial charge in [-0.25, -0.2) is 9.37 Å². The van der Waals surface area contributed by atoms with Crippen molar-refractivity contribution in [3.8, 4) is 16.5 Å². The molecule has 0 aliphatic carbocycles. The Labute approximate surface area is 165 Å². The average Bonchev–Trinajstić information content (AvgIpc) is 3.39. The number of imidazole rings is 1. The summed E-state index contributed by atoms with van der Waals surface area (Å²) in [5.41, 5.74) is 2.64. The van der Waals surface area contributed by atoms with Crippen molar-refractivity contribution in [3.05, 3.63) is 70.9 Å². The lowest BCUT2D eigenvalue weighted by atomic mass is 10.1. The first kappa shape index (κ1) is 19.7. The Morgan fingerprint density at radius 3 is 2.64 bits per heavy atom. The van der Waals surface area contributed by atoms with Gasteiger partial charge in [0, 0.05) is 5.56 Å². The molecule has 2 aromatic carbocycles. The Morgan fingerprint density at radius 2 is 2.00 bits per heavy atom. The van der Waals surface area contributed by atoms with Gasteiger partial charge in [0.25, 0.3) is 0 Å². The van der Waals surface area contributed by atoms with E-state index in [-0.39, 0.29) is 11.6 Å². The monoisotopic (exact) mass is 397 g/mol. The molecule has 4 aromatic rings. The lowest BCUT2D eigenvalue weighted by Crippen LogP contribution is -2.10. The predicted octanol–water partition coefficient (Wildman–Crippen LogP) is 4.40. The number of likely N-dealkylation sites (N-methyl/N-ethyl adjacent to an activating group) is 1. The molecule has 0 amide bonds. The number of halogens is 1. The fraction of sp³-hybridized carbons (Fsp3) is 0.143. The number of aldehydes is 1. The highest BCUT2D eigenvalue weighted by molar-refractivity contribution is 7.13. The number of fused-ring (bicyclic) bond motifs is 1. The fourth-order valence-electron chi connectivity index (χ4n) is 2.64. The third kappa shape index (κ3) is 4.62. The zero-order chi connectivity index (χ0) is 19.9. The first-order valence-corrected chi connectivity index (χ1v) is 9.60. The minimum atomic E-state index is -0.168.